The minimum atomic E-state index is -0.406. The highest BCUT2D eigenvalue weighted by Crippen LogP contribution is 2.28. The van der Waals surface area contributed by atoms with E-state index in [4.69, 9.17) is 18.6 Å². The summed E-state index contributed by atoms with van der Waals surface area (Å²) in [6.07, 6.45) is 1.82. The van der Waals surface area contributed by atoms with Gasteiger partial charge in [0.05, 0.1) is 27.4 Å². The zero-order chi connectivity index (χ0) is 21.9. The molecule has 0 saturated carbocycles. The van der Waals surface area contributed by atoms with Crippen molar-refractivity contribution in [1.82, 2.24) is 10.6 Å². The van der Waals surface area contributed by atoms with Gasteiger partial charge in [0, 0.05) is 13.6 Å². The fourth-order valence-corrected chi connectivity index (χ4v) is 2.98. The highest BCUT2D eigenvalue weighted by molar-refractivity contribution is 5.90. The van der Waals surface area contributed by atoms with E-state index in [9.17, 15) is 4.79 Å². The number of furan rings is 1. The predicted molar refractivity (Wildman–Crippen MR) is 115 cm³/mol. The average Bonchev–Trinajstić information content (AvgIpc) is 3.13. The molecule has 0 aliphatic rings. The van der Waals surface area contributed by atoms with E-state index in [-0.39, 0.29) is 0 Å². The molecule has 0 spiro atoms. The van der Waals surface area contributed by atoms with Gasteiger partial charge in [-0.3, -0.25) is 4.99 Å². The number of nitrogens with one attached hydrogen (secondary N) is 2. The Balaban J connectivity index is 1.80. The highest BCUT2D eigenvalue weighted by Gasteiger charge is 2.15. The van der Waals surface area contributed by atoms with Gasteiger partial charge in [-0.1, -0.05) is 6.07 Å². The van der Waals surface area contributed by atoms with Crippen LogP contribution in [0.5, 0.6) is 11.5 Å². The zero-order valence-electron chi connectivity index (χ0n) is 18.3. The number of benzene rings is 1. The Morgan fingerprint density at radius 2 is 1.97 bits per heavy atom. The first-order chi connectivity index (χ1) is 14.5. The van der Waals surface area contributed by atoms with Gasteiger partial charge in [0.2, 0.25) is 0 Å². The largest absolute Gasteiger partial charge is 0.493 e. The van der Waals surface area contributed by atoms with Crippen molar-refractivity contribution in [3.05, 3.63) is 46.9 Å². The van der Waals surface area contributed by atoms with Crippen molar-refractivity contribution in [2.24, 2.45) is 4.99 Å². The van der Waals surface area contributed by atoms with Crippen molar-refractivity contribution >= 4 is 11.9 Å². The number of rotatable bonds is 10. The van der Waals surface area contributed by atoms with Gasteiger partial charge in [0.1, 0.15) is 17.1 Å². The second-order valence-electron chi connectivity index (χ2n) is 6.55. The number of carbonyl (C=O) groups excluding carboxylic acids is 1. The van der Waals surface area contributed by atoms with Crippen LogP contribution in [0.25, 0.3) is 0 Å². The molecule has 2 rings (SSSR count). The number of aliphatic imine (C=N–C) groups is 1. The third kappa shape index (κ3) is 6.43. The number of methoxy groups -OCH3 is 2. The molecule has 1 aromatic heterocycles. The standard InChI is InChI=1S/C22H31N3O5/c1-6-29-20-12-16(9-10-19(20)27-4)8-7-11-24-22(23-3)25-14-17-13-18(15(2)30-17)21(26)28-5/h9-10,12-13H,6-8,11,14H2,1-5H3,(H2,23,24,25). The molecule has 8 heteroatoms. The molecule has 0 aliphatic heterocycles. The minimum absolute atomic E-state index is 0.406. The van der Waals surface area contributed by atoms with Crippen LogP contribution in [-0.4, -0.2) is 46.3 Å². The molecule has 2 aromatic rings. The number of nitrogens with zero attached hydrogens (tertiary/aromatic N) is 1. The lowest BCUT2D eigenvalue weighted by Crippen LogP contribution is -2.37. The molecule has 30 heavy (non-hydrogen) atoms. The van der Waals surface area contributed by atoms with Gasteiger partial charge in [-0.25, -0.2) is 4.79 Å². The van der Waals surface area contributed by atoms with Crippen LogP contribution in [0.3, 0.4) is 0 Å². The first-order valence-electron chi connectivity index (χ1n) is 9.94. The van der Waals surface area contributed by atoms with E-state index < -0.39 is 5.97 Å². The number of carbonyl (C=O) groups is 1. The van der Waals surface area contributed by atoms with Crippen molar-refractivity contribution < 1.29 is 23.4 Å². The van der Waals surface area contributed by atoms with Crippen LogP contribution in [0.15, 0.2) is 33.7 Å². The first kappa shape index (κ1) is 23.1. The summed E-state index contributed by atoms with van der Waals surface area (Å²) >= 11 is 0. The Morgan fingerprint density at radius 1 is 1.17 bits per heavy atom. The quantitative estimate of drug-likeness (QED) is 0.265. The molecule has 1 aromatic carbocycles. The molecular formula is C22H31N3O5. The maximum atomic E-state index is 11.7. The third-order valence-electron chi connectivity index (χ3n) is 4.49. The van der Waals surface area contributed by atoms with Crippen LogP contribution in [0.1, 0.15) is 40.8 Å². The van der Waals surface area contributed by atoms with Gasteiger partial charge in [-0.15, -0.1) is 0 Å². The predicted octanol–water partition coefficient (Wildman–Crippen LogP) is 3.08. The normalized spacial score (nSPS) is 11.2. The summed E-state index contributed by atoms with van der Waals surface area (Å²) < 4.78 is 21.3. The van der Waals surface area contributed by atoms with E-state index in [1.54, 1.807) is 27.1 Å². The SMILES string of the molecule is CCOc1cc(CCCNC(=NC)NCc2cc(C(=O)OC)c(C)o2)ccc1OC. The van der Waals surface area contributed by atoms with Crippen molar-refractivity contribution in [2.75, 3.05) is 34.4 Å². The summed E-state index contributed by atoms with van der Waals surface area (Å²) in [5.41, 5.74) is 1.62. The van der Waals surface area contributed by atoms with Crippen LogP contribution >= 0.6 is 0 Å². The molecule has 0 saturated heterocycles. The molecule has 8 nitrogen and oxygen atoms in total. The summed E-state index contributed by atoms with van der Waals surface area (Å²) in [6.45, 7) is 5.45. The number of hydrogen-bond donors (Lipinski definition) is 2. The summed E-state index contributed by atoms with van der Waals surface area (Å²) in [5.74, 6) is 2.93. The smallest absolute Gasteiger partial charge is 0.341 e. The van der Waals surface area contributed by atoms with E-state index in [0.717, 1.165) is 30.9 Å². The van der Waals surface area contributed by atoms with Gasteiger partial charge in [-0.2, -0.15) is 0 Å². The summed E-state index contributed by atoms with van der Waals surface area (Å²) in [5, 5.41) is 6.46. The first-order valence-corrected chi connectivity index (χ1v) is 9.94. The van der Waals surface area contributed by atoms with E-state index in [2.05, 4.69) is 15.6 Å². The lowest BCUT2D eigenvalue weighted by molar-refractivity contribution is 0.0599. The minimum Gasteiger partial charge on any atom is -0.493 e. The molecular weight excluding hydrogens is 386 g/mol. The van der Waals surface area contributed by atoms with Gasteiger partial charge < -0.3 is 29.3 Å². The number of esters is 1. The fraction of sp³-hybridized carbons (Fsp3) is 0.455. The van der Waals surface area contributed by atoms with Gasteiger partial charge in [0.15, 0.2) is 17.5 Å². The monoisotopic (exact) mass is 417 g/mol. The molecule has 0 aliphatic carbocycles. The molecule has 1 heterocycles. The molecule has 2 N–H and O–H groups in total. The Bertz CT molecular complexity index is 860. The maximum Gasteiger partial charge on any atom is 0.341 e. The topological polar surface area (TPSA) is 94.3 Å². The second kappa shape index (κ2) is 11.7. The van der Waals surface area contributed by atoms with E-state index in [0.29, 0.717) is 36.2 Å². The zero-order valence-corrected chi connectivity index (χ0v) is 18.3. The Morgan fingerprint density at radius 3 is 2.63 bits per heavy atom. The number of hydrogen-bond acceptors (Lipinski definition) is 6. The third-order valence-corrected chi connectivity index (χ3v) is 4.49. The van der Waals surface area contributed by atoms with Crippen LogP contribution in [0, 0.1) is 6.92 Å². The fourth-order valence-electron chi connectivity index (χ4n) is 2.98. The van der Waals surface area contributed by atoms with Gasteiger partial charge in [0.25, 0.3) is 0 Å². The Labute approximate surface area is 177 Å². The lowest BCUT2D eigenvalue weighted by atomic mass is 10.1. The number of ether oxygens (including phenoxy) is 3. The van der Waals surface area contributed by atoms with Gasteiger partial charge in [-0.05, 0) is 50.5 Å². The van der Waals surface area contributed by atoms with E-state index in [1.807, 2.05) is 25.1 Å². The Hall–Kier alpha value is -3.16. The molecule has 0 bridgehead atoms. The Kier molecular flexibility index (Phi) is 9.05. The lowest BCUT2D eigenvalue weighted by Gasteiger charge is -2.12. The molecule has 164 valence electrons. The molecule has 0 atom stereocenters. The summed E-state index contributed by atoms with van der Waals surface area (Å²) in [7, 11) is 4.70. The van der Waals surface area contributed by atoms with Crippen LogP contribution in [0.4, 0.5) is 0 Å². The van der Waals surface area contributed by atoms with Crippen molar-refractivity contribution in [3.63, 3.8) is 0 Å². The highest BCUT2D eigenvalue weighted by atomic mass is 16.5. The average molecular weight is 418 g/mol. The number of aryl methyl sites for hydroxylation is 2. The van der Waals surface area contributed by atoms with Crippen molar-refractivity contribution in [1.29, 1.82) is 0 Å². The van der Waals surface area contributed by atoms with Crippen molar-refractivity contribution in [2.45, 2.75) is 33.2 Å². The van der Waals surface area contributed by atoms with Crippen LogP contribution in [-0.2, 0) is 17.7 Å². The molecule has 0 amide bonds. The van der Waals surface area contributed by atoms with E-state index >= 15 is 0 Å². The maximum absolute atomic E-state index is 11.7. The number of guanidine groups is 1. The van der Waals surface area contributed by atoms with E-state index in [1.165, 1.54) is 12.7 Å². The van der Waals surface area contributed by atoms with Gasteiger partial charge >= 0.3 is 5.97 Å². The van der Waals surface area contributed by atoms with Crippen LogP contribution in [0.2, 0.25) is 0 Å². The molecule has 0 radical (unpaired) electrons. The van der Waals surface area contributed by atoms with Crippen LogP contribution < -0.4 is 20.1 Å². The van der Waals surface area contributed by atoms with Crippen molar-refractivity contribution in [3.8, 4) is 11.5 Å². The summed E-state index contributed by atoms with van der Waals surface area (Å²) in [6, 6.07) is 7.68. The summed E-state index contributed by atoms with van der Waals surface area (Å²) in [4.78, 5) is 15.9. The second-order valence-corrected chi connectivity index (χ2v) is 6.55. The molecule has 0 unspecified atom stereocenters. The molecule has 0 fully saturated rings.